The highest BCUT2D eigenvalue weighted by Crippen LogP contribution is 2.21. The maximum absolute atomic E-state index is 13.0. The Morgan fingerprint density at radius 2 is 1.95 bits per heavy atom. The molecule has 1 unspecified atom stereocenters. The van der Waals surface area contributed by atoms with Crippen LogP contribution in [0.2, 0.25) is 0 Å². The van der Waals surface area contributed by atoms with Gasteiger partial charge in [-0.3, -0.25) is 9.36 Å². The summed E-state index contributed by atoms with van der Waals surface area (Å²) >= 11 is 9.96. The first-order valence-corrected chi connectivity index (χ1v) is 14.8. The number of fused-ring (bicyclic) bond motifs is 1. The number of thiol groups is 1. The SMILES string of the molecule is C/C=C(/C=C/c1ncn(-c2ccc3c(c2)nc(C)n3CCCN2CCCC2)c(=O)c1S)CC.C/C=C\C(C)Cl. The lowest BCUT2D eigenvalue weighted by molar-refractivity contribution is 0.325. The number of rotatable bonds is 9. The zero-order valence-corrected chi connectivity index (χ0v) is 25.6. The fourth-order valence-corrected chi connectivity index (χ4v) is 5.15. The Morgan fingerprint density at radius 3 is 2.56 bits per heavy atom. The highest BCUT2D eigenvalue weighted by atomic mass is 35.5. The Labute approximate surface area is 243 Å². The normalized spacial score (nSPS) is 15.4. The molecule has 8 heteroatoms. The zero-order chi connectivity index (χ0) is 28.4. The van der Waals surface area contributed by atoms with Crippen LogP contribution in [0.1, 0.15) is 64.9 Å². The Balaban J connectivity index is 0.000000631. The molecule has 0 spiro atoms. The van der Waals surface area contributed by atoms with Crippen LogP contribution in [0.3, 0.4) is 0 Å². The van der Waals surface area contributed by atoms with E-state index in [-0.39, 0.29) is 10.9 Å². The van der Waals surface area contributed by atoms with Gasteiger partial charge in [-0.2, -0.15) is 0 Å². The molecule has 1 aromatic carbocycles. The largest absolute Gasteiger partial charge is 0.328 e. The summed E-state index contributed by atoms with van der Waals surface area (Å²) in [5.41, 5.74) is 4.31. The molecule has 0 N–H and O–H groups in total. The molecule has 0 amide bonds. The van der Waals surface area contributed by atoms with Gasteiger partial charge in [0.15, 0.2) is 0 Å². The second-order valence-electron chi connectivity index (χ2n) is 9.79. The summed E-state index contributed by atoms with van der Waals surface area (Å²) in [6.45, 7) is 14.6. The Bertz CT molecular complexity index is 1380. The molecule has 1 atom stereocenters. The number of alkyl halides is 1. The zero-order valence-electron chi connectivity index (χ0n) is 23.9. The van der Waals surface area contributed by atoms with E-state index >= 15 is 0 Å². The number of hydrogen-bond acceptors (Lipinski definition) is 5. The van der Waals surface area contributed by atoms with E-state index in [1.807, 2.05) is 64.1 Å². The van der Waals surface area contributed by atoms with Crippen molar-refractivity contribution in [1.82, 2.24) is 24.0 Å². The molecule has 0 aliphatic carbocycles. The lowest BCUT2D eigenvalue weighted by Gasteiger charge is -2.15. The van der Waals surface area contributed by atoms with E-state index < -0.39 is 0 Å². The average Bonchev–Trinajstić information content (AvgIpc) is 3.54. The molecular weight excluding hydrogens is 526 g/mol. The standard InChI is InChI=1S/C26H33N5OS.C5H9Cl/c1-4-20(5-2)9-11-22-25(33)26(32)31(18-27-22)21-10-12-24-23(17-21)28-19(3)30(24)16-8-15-29-13-6-7-14-29;1-3-4-5(2)6/h4,9-12,17-18,33H,5-8,13-16H2,1-3H3;3-5H,1-2H3/b11-9+,20-4+;4-3-. The molecule has 3 aromatic rings. The van der Waals surface area contributed by atoms with Crippen molar-refractivity contribution < 1.29 is 0 Å². The highest BCUT2D eigenvalue weighted by Gasteiger charge is 2.14. The first-order chi connectivity index (χ1) is 18.8. The number of aromatic nitrogens is 4. The molecule has 1 aliphatic rings. The second-order valence-corrected chi connectivity index (χ2v) is 10.9. The smallest absolute Gasteiger partial charge is 0.271 e. The molecule has 1 fully saturated rings. The van der Waals surface area contributed by atoms with E-state index in [1.54, 1.807) is 6.33 Å². The third kappa shape index (κ3) is 8.44. The molecule has 210 valence electrons. The summed E-state index contributed by atoms with van der Waals surface area (Å²) in [7, 11) is 0. The number of benzene rings is 1. The number of imidazole rings is 1. The van der Waals surface area contributed by atoms with E-state index in [2.05, 4.69) is 46.1 Å². The number of aryl methyl sites for hydroxylation is 2. The predicted octanol–water partition coefficient (Wildman–Crippen LogP) is 7.22. The van der Waals surface area contributed by atoms with Gasteiger partial charge in [0.25, 0.3) is 5.56 Å². The summed E-state index contributed by atoms with van der Waals surface area (Å²) < 4.78 is 3.82. The van der Waals surface area contributed by atoms with Crippen LogP contribution < -0.4 is 5.56 Å². The van der Waals surface area contributed by atoms with E-state index in [1.165, 1.54) is 36.1 Å². The molecule has 0 bridgehead atoms. The molecule has 2 aromatic heterocycles. The molecule has 4 rings (SSSR count). The van der Waals surface area contributed by atoms with E-state index in [0.717, 1.165) is 48.5 Å². The van der Waals surface area contributed by atoms with E-state index in [4.69, 9.17) is 16.6 Å². The monoisotopic (exact) mass is 567 g/mol. The Hall–Kier alpha value is -2.61. The van der Waals surface area contributed by atoms with Gasteiger partial charge in [-0.15, -0.1) is 24.2 Å². The Morgan fingerprint density at radius 1 is 1.21 bits per heavy atom. The van der Waals surface area contributed by atoms with Gasteiger partial charge in [0.05, 0.1) is 27.3 Å². The third-order valence-corrected chi connectivity index (χ3v) is 7.49. The number of hydrogen-bond donors (Lipinski definition) is 1. The van der Waals surface area contributed by atoms with Crippen molar-refractivity contribution in [2.45, 2.75) is 77.1 Å². The average molecular weight is 568 g/mol. The topological polar surface area (TPSA) is 56.0 Å². The predicted molar refractivity (Wildman–Crippen MR) is 169 cm³/mol. The Kier molecular flexibility index (Phi) is 12.1. The van der Waals surface area contributed by atoms with Gasteiger partial charge in [-0.05, 0) is 97.3 Å². The molecule has 6 nitrogen and oxygen atoms in total. The summed E-state index contributed by atoms with van der Waals surface area (Å²) in [5.74, 6) is 1.00. The molecule has 3 heterocycles. The van der Waals surface area contributed by atoms with E-state index in [0.29, 0.717) is 10.6 Å². The van der Waals surface area contributed by atoms with Crippen LogP contribution in [0.4, 0.5) is 0 Å². The second kappa shape index (κ2) is 15.2. The van der Waals surface area contributed by atoms with Crippen molar-refractivity contribution in [3.05, 3.63) is 76.3 Å². The third-order valence-electron chi connectivity index (χ3n) is 6.92. The quantitative estimate of drug-likeness (QED) is 0.128. The molecule has 1 saturated heterocycles. The summed E-state index contributed by atoms with van der Waals surface area (Å²) in [6.07, 6.45) is 16.0. The summed E-state index contributed by atoms with van der Waals surface area (Å²) in [6, 6.07) is 5.97. The van der Waals surface area contributed by atoms with Crippen molar-refractivity contribution >= 4 is 41.3 Å². The van der Waals surface area contributed by atoms with Crippen molar-refractivity contribution in [1.29, 1.82) is 0 Å². The van der Waals surface area contributed by atoms with Gasteiger partial charge >= 0.3 is 0 Å². The minimum absolute atomic E-state index is 0.187. The molecular formula is C31H42ClN5OS. The number of nitrogens with zero attached hydrogens (tertiary/aromatic N) is 5. The minimum Gasteiger partial charge on any atom is -0.328 e. The maximum atomic E-state index is 13.0. The van der Waals surface area contributed by atoms with Crippen molar-refractivity contribution in [3.8, 4) is 5.69 Å². The van der Waals surface area contributed by atoms with Gasteiger partial charge in [0, 0.05) is 11.9 Å². The summed E-state index contributed by atoms with van der Waals surface area (Å²) in [4.78, 5) is 25.1. The molecule has 0 saturated carbocycles. The fourth-order valence-electron chi connectivity index (χ4n) is 4.76. The van der Waals surface area contributed by atoms with Crippen LogP contribution in [-0.4, -0.2) is 49.0 Å². The molecule has 0 radical (unpaired) electrons. The first-order valence-electron chi connectivity index (χ1n) is 13.9. The van der Waals surface area contributed by atoms with Crippen LogP contribution in [0.25, 0.3) is 22.8 Å². The van der Waals surface area contributed by atoms with Gasteiger partial charge in [-0.1, -0.05) is 36.8 Å². The minimum atomic E-state index is -0.187. The number of halogens is 1. The van der Waals surface area contributed by atoms with Crippen molar-refractivity contribution in [2.75, 3.05) is 19.6 Å². The molecule has 1 aliphatic heterocycles. The van der Waals surface area contributed by atoms with Crippen molar-refractivity contribution in [2.24, 2.45) is 0 Å². The van der Waals surface area contributed by atoms with Crippen molar-refractivity contribution in [3.63, 3.8) is 0 Å². The fraction of sp³-hybridized carbons (Fsp3) is 0.452. The van der Waals surface area contributed by atoms with Gasteiger partial charge in [0.2, 0.25) is 0 Å². The van der Waals surface area contributed by atoms with Crippen LogP contribution >= 0.6 is 24.2 Å². The number of likely N-dealkylation sites (tertiary alicyclic amines) is 1. The summed E-state index contributed by atoms with van der Waals surface area (Å²) in [5, 5.41) is 0.190. The van der Waals surface area contributed by atoms with E-state index in [9.17, 15) is 4.79 Å². The van der Waals surface area contributed by atoms with Crippen LogP contribution in [0.15, 0.2) is 64.1 Å². The van der Waals surface area contributed by atoms with Crippen LogP contribution in [-0.2, 0) is 6.54 Å². The van der Waals surface area contributed by atoms with Crippen LogP contribution in [0.5, 0.6) is 0 Å². The first kappa shape index (κ1) is 30.9. The number of allylic oxidation sites excluding steroid dienone is 5. The lowest BCUT2D eigenvalue weighted by Crippen LogP contribution is -2.21. The maximum Gasteiger partial charge on any atom is 0.271 e. The van der Waals surface area contributed by atoms with Crippen LogP contribution in [0, 0.1) is 6.92 Å². The molecule has 39 heavy (non-hydrogen) atoms. The highest BCUT2D eigenvalue weighted by molar-refractivity contribution is 7.80. The van der Waals surface area contributed by atoms with Gasteiger partial charge < -0.3 is 9.47 Å². The lowest BCUT2D eigenvalue weighted by atomic mass is 10.1. The van der Waals surface area contributed by atoms with Gasteiger partial charge in [0.1, 0.15) is 12.2 Å². The van der Waals surface area contributed by atoms with Gasteiger partial charge in [-0.25, -0.2) is 9.97 Å².